The maximum Gasteiger partial charge on any atom is 0.243 e. The van der Waals surface area contributed by atoms with E-state index in [9.17, 15) is 18.0 Å². The predicted octanol–water partition coefficient (Wildman–Crippen LogP) is 3.52. The topological polar surface area (TPSA) is 105 Å². The first-order valence-electron chi connectivity index (χ1n) is 11.8. The van der Waals surface area contributed by atoms with Crippen LogP contribution in [0.3, 0.4) is 0 Å². The molecule has 0 saturated carbocycles. The molecule has 0 fully saturated rings. The van der Waals surface area contributed by atoms with Gasteiger partial charge in [0.05, 0.1) is 17.7 Å². The van der Waals surface area contributed by atoms with Crippen LogP contribution in [0.25, 0.3) is 0 Å². The Balaban J connectivity index is 1.60. The van der Waals surface area contributed by atoms with Crippen molar-refractivity contribution < 1.29 is 22.7 Å². The minimum Gasteiger partial charge on any atom is -0.495 e. The van der Waals surface area contributed by atoms with Crippen LogP contribution in [0.1, 0.15) is 24.5 Å². The van der Waals surface area contributed by atoms with Gasteiger partial charge in [-0.25, -0.2) is 8.42 Å². The van der Waals surface area contributed by atoms with Gasteiger partial charge >= 0.3 is 0 Å². The number of nitrogens with one attached hydrogen (secondary N) is 2. The number of fused-ring (bicyclic) bond motifs is 1. The third-order valence-corrected chi connectivity index (χ3v) is 7.59. The van der Waals surface area contributed by atoms with E-state index in [0.717, 1.165) is 16.8 Å². The van der Waals surface area contributed by atoms with Gasteiger partial charge in [-0.2, -0.15) is 4.72 Å². The summed E-state index contributed by atoms with van der Waals surface area (Å²) in [4.78, 5) is 27.2. The molecule has 4 rings (SSSR count). The fourth-order valence-electron chi connectivity index (χ4n) is 4.26. The monoisotopic (exact) mass is 507 g/mol. The van der Waals surface area contributed by atoms with Crippen molar-refractivity contribution in [1.82, 2.24) is 4.72 Å². The lowest BCUT2D eigenvalue weighted by Crippen LogP contribution is -2.45. The van der Waals surface area contributed by atoms with E-state index in [-0.39, 0.29) is 17.2 Å². The Morgan fingerprint density at radius 1 is 1.03 bits per heavy atom. The van der Waals surface area contributed by atoms with Crippen molar-refractivity contribution in [2.75, 3.05) is 23.9 Å². The molecule has 0 radical (unpaired) electrons. The number of nitrogens with zero attached hydrogens (tertiary/aromatic N) is 1. The van der Waals surface area contributed by atoms with Gasteiger partial charge in [-0.3, -0.25) is 9.59 Å². The Kier molecular flexibility index (Phi) is 7.71. The number of anilines is 2. The van der Waals surface area contributed by atoms with Gasteiger partial charge < -0.3 is 15.0 Å². The highest BCUT2D eigenvalue weighted by Crippen LogP contribution is 2.31. The molecule has 3 aromatic carbocycles. The minimum absolute atomic E-state index is 0.00146. The van der Waals surface area contributed by atoms with Gasteiger partial charge in [0, 0.05) is 18.7 Å². The number of hydrogen-bond acceptors (Lipinski definition) is 5. The van der Waals surface area contributed by atoms with Crippen LogP contribution in [0, 0.1) is 0 Å². The highest BCUT2D eigenvalue weighted by molar-refractivity contribution is 7.89. The molecule has 3 aromatic rings. The number of carbonyl (C=O) groups is 2. The molecule has 8 nitrogen and oxygen atoms in total. The fourth-order valence-corrected chi connectivity index (χ4v) is 5.50. The van der Waals surface area contributed by atoms with Crippen LogP contribution in [-0.2, 0) is 32.5 Å². The second kappa shape index (κ2) is 10.9. The molecule has 0 saturated heterocycles. The smallest absolute Gasteiger partial charge is 0.243 e. The molecule has 9 heteroatoms. The minimum atomic E-state index is -4.04. The summed E-state index contributed by atoms with van der Waals surface area (Å²) in [5.74, 6) is -0.0387. The number of rotatable bonds is 9. The summed E-state index contributed by atoms with van der Waals surface area (Å²) in [5.41, 5.74) is 2.77. The van der Waals surface area contributed by atoms with Gasteiger partial charge in [-0.15, -0.1) is 0 Å². The van der Waals surface area contributed by atoms with Crippen LogP contribution < -0.4 is 19.7 Å². The lowest BCUT2D eigenvalue weighted by Gasteiger charge is -2.20. The Bertz CT molecular complexity index is 1360. The third-order valence-electron chi connectivity index (χ3n) is 6.12. The number of amides is 2. The van der Waals surface area contributed by atoms with Crippen LogP contribution in [0.2, 0.25) is 0 Å². The van der Waals surface area contributed by atoms with E-state index in [2.05, 4.69) is 10.0 Å². The largest absolute Gasteiger partial charge is 0.495 e. The highest BCUT2D eigenvalue weighted by atomic mass is 32.2. The molecule has 0 aliphatic carbocycles. The standard InChI is InChI=1S/C27H29N3O5S/c1-3-26(31)30-16-15-20-18-21(13-14-24(20)30)36(33,34)29-23(17-19-9-5-4-6-10-19)27(32)28-22-11-7-8-12-25(22)35-2/h4-14,18,23,29H,3,15-17H2,1-2H3,(H,28,32)/t23-/m0/s1. The Labute approximate surface area is 211 Å². The molecule has 0 aromatic heterocycles. The van der Waals surface area contributed by atoms with E-state index in [4.69, 9.17) is 4.74 Å². The maximum absolute atomic E-state index is 13.4. The zero-order valence-corrected chi connectivity index (χ0v) is 21.0. The van der Waals surface area contributed by atoms with Crippen LogP contribution in [-0.4, -0.2) is 39.9 Å². The first kappa shape index (κ1) is 25.4. The molecule has 0 unspecified atom stereocenters. The van der Waals surface area contributed by atoms with Crippen LogP contribution in [0.5, 0.6) is 5.75 Å². The van der Waals surface area contributed by atoms with E-state index in [1.165, 1.54) is 13.2 Å². The second-order valence-electron chi connectivity index (χ2n) is 8.49. The molecule has 0 bridgehead atoms. The molecule has 36 heavy (non-hydrogen) atoms. The molecule has 188 valence electrons. The maximum atomic E-state index is 13.4. The summed E-state index contributed by atoms with van der Waals surface area (Å²) >= 11 is 0. The Hall–Kier alpha value is -3.69. The second-order valence-corrected chi connectivity index (χ2v) is 10.2. The van der Waals surface area contributed by atoms with Crippen LogP contribution in [0.15, 0.2) is 77.7 Å². The summed E-state index contributed by atoms with van der Waals surface area (Å²) in [5, 5.41) is 2.79. The molecule has 0 spiro atoms. The van der Waals surface area contributed by atoms with Gasteiger partial charge in [0.1, 0.15) is 11.8 Å². The molecular weight excluding hydrogens is 478 g/mol. The zero-order chi connectivity index (χ0) is 25.7. The van der Waals surface area contributed by atoms with E-state index in [1.54, 1.807) is 48.2 Å². The molecule has 1 aliphatic heterocycles. The number of benzene rings is 3. The van der Waals surface area contributed by atoms with E-state index in [1.807, 2.05) is 30.3 Å². The van der Waals surface area contributed by atoms with E-state index >= 15 is 0 Å². The van der Waals surface area contributed by atoms with Gasteiger partial charge in [0.15, 0.2) is 0 Å². The fraction of sp³-hybridized carbons (Fsp3) is 0.259. The number of sulfonamides is 1. The van der Waals surface area contributed by atoms with Crippen molar-refractivity contribution in [3.8, 4) is 5.75 Å². The van der Waals surface area contributed by atoms with E-state index < -0.39 is 22.0 Å². The molecule has 1 atom stereocenters. The number of para-hydroxylation sites is 2. The van der Waals surface area contributed by atoms with Crippen LogP contribution >= 0.6 is 0 Å². The van der Waals surface area contributed by atoms with Crippen molar-refractivity contribution in [2.45, 2.75) is 37.1 Å². The Morgan fingerprint density at radius 3 is 2.47 bits per heavy atom. The van der Waals surface area contributed by atoms with Gasteiger partial charge in [0.25, 0.3) is 0 Å². The third kappa shape index (κ3) is 5.58. The first-order valence-corrected chi connectivity index (χ1v) is 13.2. The number of methoxy groups -OCH3 is 1. The highest BCUT2D eigenvalue weighted by Gasteiger charge is 2.29. The van der Waals surface area contributed by atoms with Crippen molar-refractivity contribution >= 4 is 33.2 Å². The summed E-state index contributed by atoms with van der Waals surface area (Å²) in [6, 6.07) is 19.8. The van der Waals surface area contributed by atoms with Crippen molar-refractivity contribution in [2.24, 2.45) is 0 Å². The first-order chi connectivity index (χ1) is 17.3. The number of carbonyl (C=O) groups excluding carboxylic acids is 2. The summed E-state index contributed by atoms with van der Waals surface area (Å²) in [6.45, 7) is 2.32. The molecule has 2 N–H and O–H groups in total. The summed E-state index contributed by atoms with van der Waals surface area (Å²) < 4.78 is 34.7. The molecule has 2 amide bonds. The molecular formula is C27H29N3O5S. The average Bonchev–Trinajstić information content (AvgIpc) is 3.32. The van der Waals surface area contributed by atoms with Crippen molar-refractivity contribution in [3.63, 3.8) is 0 Å². The normalized spacial score (nSPS) is 13.7. The van der Waals surface area contributed by atoms with Gasteiger partial charge in [-0.05, 0) is 54.3 Å². The number of ether oxygens (including phenoxy) is 1. The van der Waals surface area contributed by atoms with Gasteiger partial charge in [-0.1, -0.05) is 49.4 Å². The SMILES string of the molecule is CCC(=O)N1CCc2cc(S(=O)(=O)N[C@@H](Cc3ccccc3)C(=O)Nc3ccccc3OC)ccc21. The molecule has 1 heterocycles. The van der Waals surface area contributed by atoms with E-state index in [0.29, 0.717) is 30.8 Å². The average molecular weight is 508 g/mol. The lowest BCUT2D eigenvalue weighted by atomic mass is 10.1. The predicted molar refractivity (Wildman–Crippen MR) is 139 cm³/mol. The van der Waals surface area contributed by atoms with Crippen molar-refractivity contribution in [1.29, 1.82) is 0 Å². The summed E-state index contributed by atoms with van der Waals surface area (Å²) in [6.07, 6.45) is 1.11. The number of hydrogen-bond donors (Lipinski definition) is 2. The lowest BCUT2D eigenvalue weighted by molar-refractivity contribution is -0.118. The van der Waals surface area contributed by atoms with Crippen molar-refractivity contribution in [3.05, 3.63) is 83.9 Å². The van der Waals surface area contributed by atoms with Crippen LogP contribution in [0.4, 0.5) is 11.4 Å². The Morgan fingerprint density at radius 2 is 1.75 bits per heavy atom. The zero-order valence-electron chi connectivity index (χ0n) is 20.2. The quantitative estimate of drug-likeness (QED) is 0.461. The van der Waals surface area contributed by atoms with Gasteiger partial charge in [0.2, 0.25) is 21.8 Å². The molecule has 1 aliphatic rings. The summed E-state index contributed by atoms with van der Waals surface area (Å²) in [7, 11) is -2.54.